The van der Waals surface area contributed by atoms with Gasteiger partial charge in [-0.2, -0.15) is 13.2 Å². The number of ketones is 1. The van der Waals surface area contributed by atoms with Gasteiger partial charge in [-0.05, 0) is 31.5 Å². The van der Waals surface area contributed by atoms with Gasteiger partial charge in [0, 0.05) is 22.3 Å². The first kappa shape index (κ1) is 15.1. The molecule has 0 aliphatic rings. The summed E-state index contributed by atoms with van der Waals surface area (Å²) in [6.07, 6.45) is -6.21. The molecule has 4 nitrogen and oxygen atoms in total. The minimum Gasteiger partial charge on any atom is -0.358 e. The van der Waals surface area contributed by atoms with Crippen LogP contribution in [0.15, 0.2) is 18.2 Å². The Morgan fingerprint density at radius 1 is 1.24 bits per heavy atom. The first-order valence-electron chi connectivity index (χ1n) is 6.17. The van der Waals surface area contributed by atoms with Crippen molar-refractivity contribution in [3.63, 3.8) is 0 Å². The molecule has 0 bridgehead atoms. The van der Waals surface area contributed by atoms with Crippen molar-refractivity contribution in [2.24, 2.45) is 0 Å². The molecule has 0 radical (unpaired) electrons. The van der Waals surface area contributed by atoms with Crippen LogP contribution in [-0.2, 0) is 9.59 Å². The number of hydrogen-bond donors (Lipinski definition) is 2. The number of aromatic nitrogens is 1. The highest BCUT2D eigenvalue weighted by atomic mass is 19.4. The third-order valence-corrected chi connectivity index (χ3v) is 3.23. The standard InChI is InChI=1S/C14H13F3N2O2/c1-7-8(2)18-11-5-9(3-4-10(7)11)19-13(21)6-12(20)14(15,16)17/h3-5,18H,6H2,1-2H3,(H,19,21). The van der Waals surface area contributed by atoms with E-state index in [-0.39, 0.29) is 0 Å². The van der Waals surface area contributed by atoms with Gasteiger partial charge in [0.05, 0.1) is 6.42 Å². The molecule has 0 aliphatic heterocycles. The van der Waals surface area contributed by atoms with E-state index in [0.717, 1.165) is 22.2 Å². The molecule has 112 valence electrons. The van der Waals surface area contributed by atoms with Crippen molar-refractivity contribution < 1.29 is 22.8 Å². The zero-order chi connectivity index (χ0) is 15.8. The van der Waals surface area contributed by atoms with E-state index in [1.54, 1.807) is 18.2 Å². The topological polar surface area (TPSA) is 62.0 Å². The molecule has 1 aromatic carbocycles. The van der Waals surface area contributed by atoms with Crippen LogP contribution in [0.5, 0.6) is 0 Å². The maximum atomic E-state index is 12.1. The number of aromatic amines is 1. The number of halogens is 3. The van der Waals surface area contributed by atoms with E-state index >= 15 is 0 Å². The van der Waals surface area contributed by atoms with Crippen LogP contribution in [0.3, 0.4) is 0 Å². The fourth-order valence-electron chi connectivity index (χ4n) is 2.00. The van der Waals surface area contributed by atoms with E-state index < -0.39 is 24.3 Å². The summed E-state index contributed by atoms with van der Waals surface area (Å²) in [5.41, 5.74) is 3.14. The largest absolute Gasteiger partial charge is 0.450 e. The molecular weight excluding hydrogens is 285 g/mol. The van der Waals surface area contributed by atoms with Crippen LogP contribution in [0.1, 0.15) is 17.7 Å². The van der Waals surface area contributed by atoms with Gasteiger partial charge in [0.1, 0.15) is 0 Å². The van der Waals surface area contributed by atoms with Crippen molar-refractivity contribution in [1.82, 2.24) is 4.98 Å². The number of hydrogen-bond acceptors (Lipinski definition) is 2. The quantitative estimate of drug-likeness (QED) is 0.854. The van der Waals surface area contributed by atoms with Gasteiger partial charge in [-0.25, -0.2) is 0 Å². The molecule has 1 amide bonds. The number of anilines is 1. The molecule has 1 aromatic heterocycles. The van der Waals surface area contributed by atoms with Crippen LogP contribution < -0.4 is 5.32 Å². The highest BCUT2D eigenvalue weighted by molar-refractivity contribution is 6.06. The molecule has 2 N–H and O–H groups in total. The van der Waals surface area contributed by atoms with E-state index in [1.807, 2.05) is 13.8 Å². The zero-order valence-corrected chi connectivity index (χ0v) is 11.4. The summed E-state index contributed by atoms with van der Waals surface area (Å²) < 4.78 is 36.2. The van der Waals surface area contributed by atoms with Crippen LogP contribution in [0.25, 0.3) is 10.9 Å². The van der Waals surface area contributed by atoms with E-state index in [2.05, 4.69) is 10.3 Å². The molecule has 2 rings (SSSR count). The maximum Gasteiger partial charge on any atom is 0.450 e. The fourth-order valence-corrected chi connectivity index (χ4v) is 2.00. The summed E-state index contributed by atoms with van der Waals surface area (Å²) in [4.78, 5) is 25.3. The number of H-pyrrole nitrogens is 1. The summed E-state index contributed by atoms with van der Waals surface area (Å²) in [7, 11) is 0. The normalized spacial score (nSPS) is 11.7. The number of amides is 1. The lowest BCUT2D eigenvalue weighted by atomic mass is 10.1. The van der Waals surface area contributed by atoms with Crippen molar-refractivity contribution in [1.29, 1.82) is 0 Å². The van der Waals surface area contributed by atoms with Crippen molar-refractivity contribution in [2.45, 2.75) is 26.4 Å². The van der Waals surface area contributed by atoms with Crippen LogP contribution in [0.2, 0.25) is 0 Å². The Morgan fingerprint density at radius 2 is 1.90 bits per heavy atom. The van der Waals surface area contributed by atoms with Crippen molar-refractivity contribution in [3.05, 3.63) is 29.5 Å². The Bertz CT molecular complexity index is 717. The van der Waals surface area contributed by atoms with Gasteiger partial charge in [-0.15, -0.1) is 0 Å². The molecule has 21 heavy (non-hydrogen) atoms. The Morgan fingerprint density at radius 3 is 2.52 bits per heavy atom. The molecule has 0 saturated heterocycles. The van der Waals surface area contributed by atoms with Gasteiger partial charge in [0.2, 0.25) is 11.7 Å². The highest BCUT2D eigenvalue weighted by Gasteiger charge is 2.39. The number of benzene rings is 1. The smallest absolute Gasteiger partial charge is 0.358 e. The van der Waals surface area contributed by atoms with E-state index in [4.69, 9.17) is 0 Å². The summed E-state index contributed by atoms with van der Waals surface area (Å²) in [6.45, 7) is 3.84. The summed E-state index contributed by atoms with van der Waals surface area (Å²) in [6, 6.07) is 4.96. The molecule has 1 heterocycles. The second-order valence-electron chi connectivity index (χ2n) is 4.78. The monoisotopic (exact) mass is 298 g/mol. The molecule has 0 spiro atoms. The minimum atomic E-state index is -4.99. The SMILES string of the molecule is Cc1[nH]c2cc(NC(=O)CC(=O)C(F)(F)F)ccc2c1C. The number of aryl methyl sites for hydroxylation is 2. The first-order chi connectivity index (χ1) is 9.68. The Balaban J connectivity index is 2.13. The van der Waals surface area contributed by atoms with E-state index in [1.165, 1.54) is 0 Å². The second kappa shape index (κ2) is 5.23. The number of Topliss-reactive ketones (excluding diaryl/α,β-unsaturated/α-hetero) is 1. The van der Waals surface area contributed by atoms with Gasteiger partial charge in [0.25, 0.3) is 0 Å². The molecular formula is C14H13F3N2O2. The fraction of sp³-hybridized carbons (Fsp3) is 0.286. The average molecular weight is 298 g/mol. The van der Waals surface area contributed by atoms with Gasteiger partial charge in [0.15, 0.2) is 0 Å². The highest BCUT2D eigenvalue weighted by Crippen LogP contribution is 2.24. The van der Waals surface area contributed by atoms with Crippen LogP contribution in [0, 0.1) is 13.8 Å². The third kappa shape index (κ3) is 3.24. The average Bonchev–Trinajstić information content (AvgIpc) is 2.63. The molecule has 0 atom stereocenters. The third-order valence-electron chi connectivity index (χ3n) is 3.23. The number of fused-ring (bicyclic) bond motifs is 1. The van der Waals surface area contributed by atoms with Gasteiger partial charge in [-0.1, -0.05) is 6.07 Å². The van der Waals surface area contributed by atoms with Gasteiger partial charge < -0.3 is 10.3 Å². The Labute approximate surface area is 118 Å². The Kier molecular flexibility index (Phi) is 3.76. The predicted octanol–water partition coefficient (Wildman–Crippen LogP) is 3.24. The first-order valence-corrected chi connectivity index (χ1v) is 6.17. The zero-order valence-electron chi connectivity index (χ0n) is 11.4. The van der Waals surface area contributed by atoms with Crippen molar-refractivity contribution in [2.75, 3.05) is 5.32 Å². The van der Waals surface area contributed by atoms with Gasteiger partial charge >= 0.3 is 6.18 Å². The summed E-state index contributed by atoms with van der Waals surface area (Å²) in [5, 5.41) is 3.26. The molecule has 2 aromatic rings. The van der Waals surface area contributed by atoms with Crippen LogP contribution >= 0.6 is 0 Å². The summed E-state index contributed by atoms with van der Waals surface area (Å²) >= 11 is 0. The second-order valence-corrected chi connectivity index (χ2v) is 4.78. The lowest BCUT2D eigenvalue weighted by molar-refractivity contribution is -0.171. The molecule has 7 heteroatoms. The number of alkyl halides is 3. The minimum absolute atomic E-state index is 0.337. The van der Waals surface area contributed by atoms with Crippen molar-refractivity contribution in [3.8, 4) is 0 Å². The maximum absolute atomic E-state index is 12.1. The Hall–Kier alpha value is -2.31. The molecule has 0 saturated carbocycles. The molecule has 0 fully saturated rings. The van der Waals surface area contributed by atoms with Crippen molar-refractivity contribution >= 4 is 28.3 Å². The van der Waals surface area contributed by atoms with Gasteiger partial charge in [-0.3, -0.25) is 9.59 Å². The number of rotatable bonds is 3. The van der Waals surface area contributed by atoms with Crippen LogP contribution in [-0.4, -0.2) is 22.9 Å². The summed E-state index contributed by atoms with van der Waals surface area (Å²) in [5.74, 6) is -3.05. The molecule has 0 unspecified atom stereocenters. The van der Waals surface area contributed by atoms with E-state index in [9.17, 15) is 22.8 Å². The van der Waals surface area contributed by atoms with E-state index in [0.29, 0.717) is 5.69 Å². The number of carbonyl (C=O) groups is 2. The lowest BCUT2D eigenvalue weighted by Gasteiger charge is -2.07. The number of carbonyl (C=O) groups excluding carboxylic acids is 2. The lowest BCUT2D eigenvalue weighted by Crippen LogP contribution is -2.27. The number of nitrogens with one attached hydrogen (secondary N) is 2. The molecule has 0 aliphatic carbocycles. The van der Waals surface area contributed by atoms with Crippen LogP contribution in [0.4, 0.5) is 18.9 Å². The predicted molar refractivity (Wildman–Crippen MR) is 72.1 cm³/mol.